The van der Waals surface area contributed by atoms with Crippen molar-refractivity contribution in [2.75, 3.05) is 0 Å². The number of hydrogen-bond donors (Lipinski definition) is 1. The highest BCUT2D eigenvalue weighted by Crippen LogP contribution is 2.41. The highest BCUT2D eigenvalue weighted by atomic mass is 16.3. The number of amidine groups is 2. The summed E-state index contributed by atoms with van der Waals surface area (Å²) in [6, 6.07) is 52.1. The molecule has 2 aromatic heterocycles. The van der Waals surface area contributed by atoms with Crippen LogP contribution < -0.4 is 5.32 Å². The topological polar surface area (TPSA) is 63.0 Å². The monoisotopic (exact) mass is 617 g/mol. The average Bonchev–Trinajstić information content (AvgIpc) is 3.72. The molecule has 0 spiro atoms. The van der Waals surface area contributed by atoms with Crippen LogP contribution in [0.4, 0.5) is 0 Å². The van der Waals surface area contributed by atoms with E-state index in [1.807, 2.05) is 54.6 Å². The summed E-state index contributed by atoms with van der Waals surface area (Å²) in [5.74, 6) is 1.41. The van der Waals surface area contributed by atoms with Crippen molar-refractivity contribution in [2.24, 2.45) is 9.98 Å². The van der Waals surface area contributed by atoms with E-state index >= 15 is 0 Å². The van der Waals surface area contributed by atoms with E-state index in [2.05, 4.69) is 102 Å². The van der Waals surface area contributed by atoms with Gasteiger partial charge >= 0.3 is 0 Å². The molecule has 0 amide bonds. The number of aliphatic imine (C=N–C) groups is 2. The van der Waals surface area contributed by atoms with Crippen molar-refractivity contribution in [3.05, 3.63) is 168 Å². The van der Waals surface area contributed by atoms with Crippen LogP contribution in [0.5, 0.6) is 0 Å². The van der Waals surface area contributed by atoms with Crippen LogP contribution in [0.2, 0.25) is 0 Å². The zero-order chi connectivity index (χ0) is 31.6. The van der Waals surface area contributed by atoms with E-state index < -0.39 is 0 Å². The molecular formula is C43H27N3O2. The maximum atomic E-state index is 6.65. The van der Waals surface area contributed by atoms with Crippen molar-refractivity contribution in [2.45, 2.75) is 6.17 Å². The van der Waals surface area contributed by atoms with Crippen molar-refractivity contribution in [3.63, 3.8) is 0 Å². The fraction of sp³-hybridized carbons (Fsp3) is 0.0233. The zero-order valence-electron chi connectivity index (χ0n) is 25.7. The molecule has 7 aromatic carbocycles. The van der Waals surface area contributed by atoms with Crippen LogP contribution in [0.15, 0.2) is 170 Å². The van der Waals surface area contributed by atoms with Gasteiger partial charge in [-0.25, -0.2) is 9.98 Å². The van der Waals surface area contributed by atoms with Crippen LogP contribution in [0.1, 0.15) is 22.9 Å². The van der Waals surface area contributed by atoms with Gasteiger partial charge in [0.2, 0.25) is 0 Å². The quantitative estimate of drug-likeness (QED) is 0.214. The predicted octanol–water partition coefficient (Wildman–Crippen LogP) is 10.8. The lowest BCUT2D eigenvalue weighted by atomic mass is 9.96. The molecular weight excluding hydrogens is 590 g/mol. The molecule has 9 aromatic rings. The summed E-state index contributed by atoms with van der Waals surface area (Å²) in [6.07, 6.45) is -0.321. The van der Waals surface area contributed by atoms with Gasteiger partial charge in [-0.1, -0.05) is 121 Å². The van der Waals surface area contributed by atoms with Crippen LogP contribution in [0.3, 0.4) is 0 Å². The molecule has 0 saturated carbocycles. The summed E-state index contributed by atoms with van der Waals surface area (Å²) in [7, 11) is 0. The number of furan rings is 2. The second-order valence-corrected chi connectivity index (χ2v) is 12.2. The smallest absolute Gasteiger partial charge is 0.160 e. The molecule has 0 aliphatic carbocycles. The molecule has 1 N–H and O–H groups in total. The minimum Gasteiger partial charge on any atom is -0.456 e. The molecule has 48 heavy (non-hydrogen) atoms. The van der Waals surface area contributed by atoms with Gasteiger partial charge in [0.25, 0.3) is 0 Å². The summed E-state index contributed by atoms with van der Waals surface area (Å²) in [5, 5.41) is 10.1. The summed E-state index contributed by atoms with van der Waals surface area (Å²) >= 11 is 0. The van der Waals surface area contributed by atoms with E-state index in [-0.39, 0.29) is 6.17 Å². The Morgan fingerprint density at radius 1 is 0.500 bits per heavy atom. The van der Waals surface area contributed by atoms with Gasteiger partial charge in [0.05, 0.1) is 0 Å². The Morgan fingerprint density at radius 2 is 1.23 bits per heavy atom. The Bertz CT molecular complexity index is 2760. The zero-order valence-corrected chi connectivity index (χ0v) is 25.7. The van der Waals surface area contributed by atoms with Crippen molar-refractivity contribution in [1.82, 2.24) is 5.32 Å². The Hall–Kier alpha value is -6.46. The van der Waals surface area contributed by atoms with Gasteiger partial charge in [0, 0.05) is 38.2 Å². The highest BCUT2D eigenvalue weighted by molar-refractivity contribution is 6.23. The van der Waals surface area contributed by atoms with Crippen LogP contribution in [-0.4, -0.2) is 11.7 Å². The summed E-state index contributed by atoms with van der Waals surface area (Å²) in [5.41, 5.74) is 8.22. The van der Waals surface area contributed by atoms with E-state index in [1.165, 1.54) is 5.39 Å². The first-order valence-electron chi connectivity index (χ1n) is 16.1. The van der Waals surface area contributed by atoms with Gasteiger partial charge in [-0.05, 0) is 52.2 Å². The molecule has 1 aliphatic rings. The number of para-hydroxylation sites is 2. The molecule has 0 fully saturated rings. The molecule has 10 rings (SSSR count). The first-order valence-corrected chi connectivity index (χ1v) is 16.1. The van der Waals surface area contributed by atoms with E-state index in [1.54, 1.807) is 0 Å². The maximum absolute atomic E-state index is 6.65. The fourth-order valence-electron chi connectivity index (χ4n) is 7.01. The summed E-state index contributed by atoms with van der Waals surface area (Å²) in [4.78, 5) is 10.4. The van der Waals surface area contributed by atoms with Gasteiger partial charge in [0.1, 0.15) is 34.3 Å². The maximum Gasteiger partial charge on any atom is 0.160 e. The Labute approximate surface area is 275 Å². The third-order valence-corrected chi connectivity index (χ3v) is 9.30. The Morgan fingerprint density at radius 3 is 2.08 bits per heavy atom. The molecule has 1 aliphatic heterocycles. The third kappa shape index (κ3) is 4.25. The standard InChI is InChI=1S/C43H27N3O2/c1-3-12-26(13-4-1)41-44-42(27-14-5-2-6-15-27)46-43(45-41)35-23-30(25-38-39(35)33-18-9-10-21-36(33)47-38)31-19-11-20-32-34-22-28-16-7-8-17-29(28)24-37(34)48-40(31)32/h1-25,41H,(H,44,45,46). The lowest BCUT2D eigenvalue weighted by Crippen LogP contribution is -2.33. The number of nitrogens with one attached hydrogen (secondary N) is 1. The molecule has 1 unspecified atom stereocenters. The molecule has 5 nitrogen and oxygen atoms in total. The Balaban J connectivity index is 1.24. The van der Waals surface area contributed by atoms with E-state index in [0.29, 0.717) is 5.84 Å². The predicted molar refractivity (Wildman–Crippen MR) is 196 cm³/mol. The molecule has 5 heteroatoms. The van der Waals surface area contributed by atoms with Crippen LogP contribution in [-0.2, 0) is 0 Å². The number of benzene rings is 7. The molecule has 0 saturated heterocycles. The van der Waals surface area contributed by atoms with Crippen LogP contribution in [0.25, 0.3) is 65.8 Å². The molecule has 0 radical (unpaired) electrons. The van der Waals surface area contributed by atoms with Gasteiger partial charge in [-0.2, -0.15) is 0 Å². The number of hydrogen-bond acceptors (Lipinski definition) is 5. The van der Waals surface area contributed by atoms with Gasteiger partial charge in [-0.3, -0.25) is 0 Å². The first kappa shape index (κ1) is 26.7. The SMILES string of the molecule is c1ccc(C2=NC(c3cc(-c4cccc5c4oc4cc6ccccc6cc45)cc4oc5ccccc5c34)=NC(c3ccccc3)N2)cc1. The highest BCUT2D eigenvalue weighted by Gasteiger charge is 2.25. The Kier molecular flexibility index (Phi) is 5.87. The van der Waals surface area contributed by atoms with Crippen molar-refractivity contribution in [1.29, 1.82) is 0 Å². The lowest BCUT2D eigenvalue weighted by molar-refractivity contribution is 0.668. The van der Waals surface area contributed by atoms with Crippen LogP contribution >= 0.6 is 0 Å². The first-order chi connectivity index (χ1) is 23.8. The molecule has 226 valence electrons. The summed E-state index contributed by atoms with van der Waals surface area (Å²) < 4.78 is 13.2. The van der Waals surface area contributed by atoms with Crippen molar-refractivity contribution < 1.29 is 8.83 Å². The minimum absolute atomic E-state index is 0.321. The fourth-order valence-corrected chi connectivity index (χ4v) is 7.01. The average molecular weight is 618 g/mol. The lowest BCUT2D eigenvalue weighted by Gasteiger charge is -2.24. The van der Waals surface area contributed by atoms with E-state index in [0.717, 1.165) is 82.9 Å². The third-order valence-electron chi connectivity index (χ3n) is 9.30. The van der Waals surface area contributed by atoms with Crippen molar-refractivity contribution in [3.8, 4) is 11.1 Å². The van der Waals surface area contributed by atoms with Gasteiger partial charge < -0.3 is 14.2 Å². The van der Waals surface area contributed by atoms with Crippen molar-refractivity contribution >= 4 is 66.3 Å². The molecule has 1 atom stereocenters. The largest absolute Gasteiger partial charge is 0.456 e. The normalized spacial score (nSPS) is 14.9. The number of rotatable bonds is 4. The second-order valence-electron chi connectivity index (χ2n) is 12.2. The molecule has 0 bridgehead atoms. The summed E-state index contributed by atoms with van der Waals surface area (Å²) in [6.45, 7) is 0. The van der Waals surface area contributed by atoms with Gasteiger partial charge in [0.15, 0.2) is 5.84 Å². The van der Waals surface area contributed by atoms with Gasteiger partial charge in [-0.15, -0.1) is 0 Å². The molecule has 3 heterocycles. The van der Waals surface area contributed by atoms with Crippen LogP contribution in [0, 0.1) is 0 Å². The second kappa shape index (κ2) is 10.5. The van der Waals surface area contributed by atoms with E-state index in [4.69, 9.17) is 18.8 Å². The number of fused-ring (bicyclic) bond motifs is 7. The van der Waals surface area contributed by atoms with E-state index in [9.17, 15) is 0 Å². The minimum atomic E-state index is -0.321. The number of nitrogens with zero attached hydrogens (tertiary/aromatic N) is 2.